The number of halogens is 1. The summed E-state index contributed by atoms with van der Waals surface area (Å²) in [5.74, 6) is 0.907. The molecule has 0 radical (unpaired) electrons. The van der Waals surface area contributed by atoms with Crippen LogP contribution in [0.3, 0.4) is 0 Å². The highest BCUT2D eigenvalue weighted by Gasteiger charge is 2.38. The van der Waals surface area contributed by atoms with Gasteiger partial charge in [0.15, 0.2) is 9.84 Å². The van der Waals surface area contributed by atoms with Crippen LogP contribution in [-0.4, -0.2) is 49.8 Å². The van der Waals surface area contributed by atoms with E-state index >= 15 is 0 Å². The average Bonchev–Trinajstić information content (AvgIpc) is 2.69. The first-order valence-electron chi connectivity index (χ1n) is 6.80. The minimum atomic E-state index is -2.95. The van der Waals surface area contributed by atoms with E-state index in [9.17, 15) is 13.5 Å². The summed E-state index contributed by atoms with van der Waals surface area (Å²) in [6, 6.07) is 6.95. The third-order valence-corrected chi connectivity index (χ3v) is 5.64. The first-order chi connectivity index (χ1) is 9.78. The largest absolute Gasteiger partial charge is 0.491 e. The van der Waals surface area contributed by atoms with E-state index in [0.717, 1.165) is 0 Å². The van der Waals surface area contributed by atoms with Crippen LogP contribution < -0.4 is 10.1 Å². The topological polar surface area (TPSA) is 75.6 Å². The number of hydrogen-bond donors (Lipinski definition) is 2. The van der Waals surface area contributed by atoms with Crippen molar-refractivity contribution >= 4 is 21.4 Å². The fourth-order valence-corrected chi connectivity index (χ4v) is 4.63. The molecule has 1 aromatic rings. The molecule has 118 valence electrons. The van der Waals surface area contributed by atoms with Gasteiger partial charge in [-0.05, 0) is 31.5 Å². The summed E-state index contributed by atoms with van der Waals surface area (Å²) < 4.78 is 28.4. The van der Waals surface area contributed by atoms with Gasteiger partial charge in [0, 0.05) is 17.1 Å². The molecule has 0 aromatic heterocycles. The fourth-order valence-electron chi connectivity index (χ4n) is 2.32. The Bertz CT molecular complexity index is 592. The van der Waals surface area contributed by atoms with E-state index in [-0.39, 0.29) is 24.7 Å². The van der Waals surface area contributed by atoms with Crippen molar-refractivity contribution < 1.29 is 18.3 Å². The Balaban J connectivity index is 1.76. The average molecular weight is 334 g/mol. The Morgan fingerprint density at radius 2 is 2.29 bits per heavy atom. The van der Waals surface area contributed by atoms with Crippen LogP contribution in [0.25, 0.3) is 0 Å². The lowest BCUT2D eigenvalue weighted by molar-refractivity contribution is 0.0993. The van der Waals surface area contributed by atoms with Crippen LogP contribution in [0.4, 0.5) is 0 Å². The van der Waals surface area contributed by atoms with Crippen molar-refractivity contribution in [2.45, 2.75) is 25.0 Å². The van der Waals surface area contributed by atoms with Gasteiger partial charge in [0.05, 0.1) is 11.5 Å². The number of ether oxygens (including phenoxy) is 1. The molecule has 0 amide bonds. The molecule has 2 rings (SSSR count). The Morgan fingerprint density at radius 3 is 2.90 bits per heavy atom. The summed E-state index contributed by atoms with van der Waals surface area (Å²) in [5.41, 5.74) is -0.462. The first-order valence-corrected chi connectivity index (χ1v) is 9.00. The second-order valence-electron chi connectivity index (χ2n) is 5.71. The van der Waals surface area contributed by atoms with E-state index in [1.54, 1.807) is 24.3 Å². The number of hydrogen-bond acceptors (Lipinski definition) is 5. The maximum absolute atomic E-state index is 11.5. The van der Waals surface area contributed by atoms with E-state index in [2.05, 4.69) is 5.32 Å². The van der Waals surface area contributed by atoms with Crippen LogP contribution in [-0.2, 0) is 9.84 Å². The zero-order valence-electron chi connectivity index (χ0n) is 11.9. The second kappa shape index (κ2) is 6.52. The molecule has 0 aliphatic carbocycles. The Hall–Kier alpha value is -0.820. The summed E-state index contributed by atoms with van der Waals surface area (Å²) in [6.45, 7) is 2.27. The molecule has 1 heterocycles. The highest BCUT2D eigenvalue weighted by atomic mass is 35.5. The predicted octanol–water partition coefficient (Wildman–Crippen LogP) is 1.25. The summed E-state index contributed by atoms with van der Waals surface area (Å²) in [6.07, 6.45) is -0.152. The highest BCUT2D eigenvalue weighted by Crippen LogP contribution is 2.22. The zero-order valence-corrected chi connectivity index (χ0v) is 13.5. The van der Waals surface area contributed by atoms with Gasteiger partial charge in [-0.2, -0.15) is 0 Å². The van der Waals surface area contributed by atoms with Crippen molar-refractivity contribution in [2.75, 3.05) is 24.7 Å². The molecule has 1 aromatic carbocycles. The number of benzene rings is 1. The molecule has 7 heteroatoms. The zero-order chi connectivity index (χ0) is 15.5. The molecule has 1 fully saturated rings. The van der Waals surface area contributed by atoms with Gasteiger partial charge in [0.1, 0.15) is 18.5 Å². The number of nitrogens with one attached hydrogen (secondary N) is 1. The summed E-state index contributed by atoms with van der Waals surface area (Å²) in [7, 11) is -2.95. The van der Waals surface area contributed by atoms with Gasteiger partial charge in [0.2, 0.25) is 0 Å². The first kappa shape index (κ1) is 16.5. The van der Waals surface area contributed by atoms with Gasteiger partial charge >= 0.3 is 0 Å². The van der Waals surface area contributed by atoms with Gasteiger partial charge in [0.25, 0.3) is 0 Å². The van der Waals surface area contributed by atoms with E-state index in [0.29, 0.717) is 17.2 Å². The molecule has 5 nitrogen and oxygen atoms in total. The minimum absolute atomic E-state index is 0.113. The van der Waals surface area contributed by atoms with E-state index < -0.39 is 21.5 Å². The summed E-state index contributed by atoms with van der Waals surface area (Å²) in [4.78, 5) is 0. The highest BCUT2D eigenvalue weighted by molar-refractivity contribution is 7.91. The Kier molecular flexibility index (Phi) is 5.14. The van der Waals surface area contributed by atoms with Crippen molar-refractivity contribution in [3.63, 3.8) is 0 Å². The third kappa shape index (κ3) is 5.14. The quantitative estimate of drug-likeness (QED) is 0.819. The third-order valence-electron chi connectivity index (χ3n) is 3.51. The number of rotatable bonds is 6. The van der Waals surface area contributed by atoms with Gasteiger partial charge in [-0.3, -0.25) is 0 Å². The van der Waals surface area contributed by atoms with Crippen LogP contribution in [0, 0.1) is 0 Å². The molecule has 1 aliphatic rings. The molecule has 2 atom stereocenters. The van der Waals surface area contributed by atoms with Crippen molar-refractivity contribution in [2.24, 2.45) is 0 Å². The lowest BCUT2D eigenvalue weighted by atomic mass is 10.0. The molecule has 0 saturated carbocycles. The van der Waals surface area contributed by atoms with E-state index in [4.69, 9.17) is 16.3 Å². The molecule has 1 aliphatic heterocycles. The van der Waals surface area contributed by atoms with E-state index in [1.165, 1.54) is 0 Å². The summed E-state index contributed by atoms with van der Waals surface area (Å²) in [5, 5.41) is 13.6. The SMILES string of the molecule is CC1(NCC(O)COc2cccc(Cl)c2)CCS(=O)(=O)C1. The molecule has 0 spiro atoms. The number of β-amino-alcohol motifs (C(OH)–C–C–N with tert-alkyl or cyclic N) is 1. The molecule has 2 N–H and O–H groups in total. The number of aliphatic hydroxyl groups excluding tert-OH is 1. The molecule has 2 unspecified atom stereocenters. The lowest BCUT2D eigenvalue weighted by Gasteiger charge is -2.25. The second-order valence-corrected chi connectivity index (χ2v) is 8.33. The number of aliphatic hydroxyl groups is 1. The van der Waals surface area contributed by atoms with Crippen molar-refractivity contribution in [1.29, 1.82) is 0 Å². The van der Waals surface area contributed by atoms with E-state index in [1.807, 2.05) is 6.92 Å². The molecular formula is C14H20ClNO4S. The van der Waals surface area contributed by atoms with Crippen molar-refractivity contribution in [3.8, 4) is 5.75 Å². The molecule has 1 saturated heterocycles. The minimum Gasteiger partial charge on any atom is -0.491 e. The maximum Gasteiger partial charge on any atom is 0.152 e. The van der Waals surface area contributed by atoms with Crippen LogP contribution in [0.5, 0.6) is 5.75 Å². The van der Waals surface area contributed by atoms with Gasteiger partial charge < -0.3 is 15.2 Å². The normalized spacial score (nSPS) is 25.7. The Labute approximate surface area is 130 Å². The molecule has 21 heavy (non-hydrogen) atoms. The lowest BCUT2D eigenvalue weighted by Crippen LogP contribution is -2.47. The number of sulfone groups is 1. The predicted molar refractivity (Wildman–Crippen MR) is 82.6 cm³/mol. The van der Waals surface area contributed by atoms with Crippen LogP contribution in [0.2, 0.25) is 5.02 Å². The summed E-state index contributed by atoms with van der Waals surface area (Å²) >= 11 is 5.84. The smallest absolute Gasteiger partial charge is 0.152 e. The standard InChI is InChI=1S/C14H20ClNO4S/c1-14(5-6-21(18,19)10-14)16-8-12(17)9-20-13-4-2-3-11(15)7-13/h2-4,7,12,16-17H,5-6,8-10H2,1H3. The Morgan fingerprint density at radius 1 is 1.52 bits per heavy atom. The van der Waals surface area contributed by atoms with Gasteiger partial charge in [-0.15, -0.1) is 0 Å². The maximum atomic E-state index is 11.5. The fraction of sp³-hybridized carbons (Fsp3) is 0.571. The van der Waals surface area contributed by atoms with Gasteiger partial charge in [-0.25, -0.2) is 8.42 Å². The van der Waals surface area contributed by atoms with Gasteiger partial charge in [-0.1, -0.05) is 17.7 Å². The van der Waals surface area contributed by atoms with Crippen molar-refractivity contribution in [1.82, 2.24) is 5.32 Å². The molecular weight excluding hydrogens is 314 g/mol. The van der Waals surface area contributed by atoms with Crippen molar-refractivity contribution in [3.05, 3.63) is 29.3 Å². The van der Waals surface area contributed by atoms with Crippen LogP contribution in [0.15, 0.2) is 24.3 Å². The monoisotopic (exact) mass is 333 g/mol. The van der Waals surface area contributed by atoms with Crippen LogP contribution >= 0.6 is 11.6 Å². The van der Waals surface area contributed by atoms with Crippen LogP contribution in [0.1, 0.15) is 13.3 Å². The molecule has 0 bridgehead atoms.